The van der Waals surface area contributed by atoms with Crippen molar-refractivity contribution in [3.8, 4) is 0 Å². The van der Waals surface area contributed by atoms with Gasteiger partial charge in [0.15, 0.2) is 5.13 Å². The largest absolute Gasteiger partial charge is 0.374 e. The number of nitrogens with zero attached hydrogens (tertiary/aromatic N) is 2. The number of morpholine rings is 1. The standard InChI is InChI=1S/C10H15BrN2OS/c1-7-8(2)15-10(12-7)13-3-4-14-9(5-11)6-13/h9H,3-6H2,1-2H3. The molecule has 15 heavy (non-hydrogen) atoms. The first-order valence-electron chi connectivity index (χ1n) is 5.07. The molecule has 1 unspecified atom stereocenters. The van der Waals surface area contributed by atoms with E-state index in [9.17, 15) is 0 Å². The van der Waals surface area contributed by atoms with Gasteiger partial charge in [0.1, 0.15) is 0 Å². The van der Waals surface area contributed by atoms with Gasteiger partial charge >= 0.3 is 0 Å². The van der Waals surface area contributed by atoms with Crippen LogP contribution in [0.2, 0.25) is 0 Å². The smallest absolute Gasteiger partial charge is 0.185 e. The van der Waals surface area contributed by atoms with Gasteiger partial charge in [-0.1, -0.05) is 15.9 Å². The lowest BCUT2D eigenvalue weighted by Gasteiger charge is -2.31. The molecular formula is C10H15BrN2OS. The number of aromatic nitrogens is 1. The summed E-state index contributed by atoms with van der Waals surface area (Å²) in [6, 6.07) is 0. The molecule has 1 aliphatic rings. The van der Waals surface area contributed by atoms with Crippen LogP contribution in [-0.2, 0) is 4.74 Å². The summed E-state index contributed by atoms with van der Waals surface area (Å²) in [7, 11) is 0. The third-order valence-corrected chi connectivity index (χ3v) is 4.45. The lowest BCUT2D eigenvalue weighted by Crippen LogP contribution is -2.43. The van der Waals surface area contributed by atoms with Crippen LogP contribution in [0.4, 0.5) is 5.13 Å². The van der Waals surface area contributed by atoms with Gasteiger partial charge in [-0.3, -0.25) is 0 Å². The van der Waals surface area contributed by atoms with Gasteiger partial charge in [0.25, 0.3) is 0 Å². The molecule has 5 heteroatoms. The monoisotopic (exact) mass is 290 g/mol. The summed E-state index contributed by atoms with van der Waals surface area (Å²) in [5.41, 5.74) is 1.15. The Morgan fingerprint density at radius 3 is 3.00 bits per heavy atom. The second-order valence-corrected chi connectivity index (χ2v) is 5.56. The van der Waals surface area contributed by atoms with E-state index in [2.05, 4.69) is 39.7 Å². The number of aryl methyl sites for hydroxylation is 2. The van der Waals surface area contributed by atoms with Crippen molar-refractivity contribution in [1.82, 2.24) is 4.98 Å². The Kier molecular flexibility index (Phi) is 3.64. The van der Waals surface area contributed by atoms with Crippen LogP contribution in [0.15, 0.2) is 0 Å². The van der Waals surface area contributed by atoms with E-state index in [1.807, 2.05) is 0 Å². The molecule has 1 atom stereocenters. The van der Waals surface area contributed by atoms with Crippen LogP contribution in [0.25, 0.3) is 0 Å². The fourth-order valence-electron chi connectivity index (χ4n) is 1.58. The van der Waals surface area contributed by atoms with Crippen molar-refractivity contribution in [2.45, 2.75) is 20.0 Å². The van der Waals surface area contributed by atoms with E-state index >= 15 is 0 Å². The van der Waals surface area contributed by atoms with Gasteiger partial charge in [0, 0.05) is 23.3 Å². The van der Waals surface area contributed by atoms with Gasteiger partial charge in [-0.2, -0.15) is 0 Å². The van der Waals surface area contributed by atoms with E-state index in [0.717, 1.165) is 35.9 Å². The zero-order valence-electron chi connectivity index (χ0n) is 8.99. The third kappa shape index (κ3) is 2.52. The third-order valence-electron chi connectivity index (χ3n) is 2.60. The van der Waals surface area contributed by atoms with Crippen LogP contribution in [-0.4, -0.2) is 36.1 Å². The number of halogens is 1. The molecule has 0 N–H and O–H groups in total. The molecule has 84 valence electrons. The van der Waals surface area contributed by atoms with Crippen LogP contribution in [0.3, 0.4) is 0 Å². The summed E-state index contributed by atoms with van der Waals surface area (Å²) in [5, 5.41) is 2.03. The maximum absolute atomic E-state index is 5.60. The molecule has 1 aromatic heterocycles. The second-order valence-electron chi connectivity index (χ2n) is 3.73. The highest BCUT2D eigenvalue weighted by Crippen LogP contribution is 2.26. The molecule has 2 rings (SSSR count). The predicted molar refractivity (Wildman–Crippen MR) is 67.3 cm³/mol. The van der Waals surface area contributed by atoms with Gasteiger partial charge in [0.05, 0.1) is 18.4 Å². The molecule has 2 heterocycles. The van der Waals surface area contributed by atoms with Crippen molar-refractivity contribution >= 4 is 32.4 Å². The molecule has 0 aliphatic carbocycles. The van der Waals surface area contributed by atoms with E-state index in [1.54, 1.807) is 11.3 Å². The molecule has 1 saturated heterocycles. The number of rotatable bonds is 2. The Balaban J connectivity index is 2.09. The summed E-state index contributed by atoms with van der Waals surface area (Å²) in [5.74, 6) is 0. The fourth-order valence-corrected chi connectivity index (χ4v) is 2.91. The molecular weight excluding hydrogens is 276 g/mol. The fraction of sp³-hybridized carbons (Fsp3) is 0.700. The molecule has 0 spiro atoms. The average molecular weight is 291 g/mol. The van der Waals surface area contributed by atoms with Crippen molar-refractivity contribution < 1.29 is 4.74 Å². The minimum atomic E-state index is 0.295. The normalized spacial score (nSPS) is 22.1. The molecule has 3 nitrogen and oxygen atoms in total. The highest BCUT2D eigenvalue weighted by Gasteiger charge is 2.21. The van der Waals surface area contributed by atoms with E-state index in [1.165, 1.54) is 4.88 Å². The highest BCUT2D eigenvalue weighted by atomic mass is 79.9. The zero-order valence-corrected chi connectivity index (χ0v) is 11.4. The molecule has 0 radical (unpaired) electrons. The van der Waals surface area contributed by atoms with Crippen LogP contribution in [0, 0.1) is 13.8 Å². The van der Waals surface area contributed by atoms with E-state index in [-0.39, 0.29) is 0 Å². The SMILES string of the molecule is Cc1nc(N2CCOC(CBr)C2)sc1C. The zero-order chi connectivity index (χ0) is 10.8. The molecule has 1 aromatic rings. The highest BCUT2D eigenvalue weighted by molar-refractivity contribution is 9.09. The Morgan fingerprint density at radius 1 is 1.60 bits per heavy atom. The van der Waals surface area contributed by atoms with Crippen LogP contribution >= 0.6 is 27.3 Å². The van der Waals surface area contributed by atoms with Gasteiger partial charge in [-0.05, 0) is 13.8 Å². The lowest BCUT2D eigenvalue weighted by molar-refractivity contribution is 0.0571. The van der Waals surface area contributed by atoms with Crippen LogP contribution in [0.5, 0.6) is 0 Å². The summed E-state index contributed by atoms with van der Waals surface area (Å²) >= 11 is 5.24. The summed E-state index contributed by atoms with van der Waals surface area (Å²) < 4.78 is 5.60. The summed E-state index contributed by atoms with van der Waals surface area (Å²) in [6.07, 6.45) is 0.295. The summed E-state index contributed by atoms with van der Waals surface area (Å²) in [6.45, 7) is 6.89. The van der Waals surface area contributed by atoms with Crippen molar-refractivity contribution in [1.29, 1.82) is 0 Å². The molecule has 0 bridgehead atoms. The lowest BCUT2D eigenvalue weighted by atomic mass is 10.3. The average Bonchev–Trinajstić information content (AvgIpc) is 2.59. The van der Waals surface area contributed by atoms with Crippen molar-refractivity contribution in [3.63, 3.8) is 0 Å². The molecule has 1 fully saturated rings. The van der Waals surface area contributed by atoms with Gasteiger partial charge in [-0.15, -0.1) is 11.3 Å². The van der Waals surface area contributed by atoms with Crippen molar-refractivity contribution in [2.75, 3.05) is 29.9 Å². The summed E-state index contributed by atoms with van der Waals surface area (Å²) in [4.78, 5) is 8.21. The number of hydrogen-bond donors (Lipinski definition) is 0. The first-order valence-corrected chi connectivity index (χ1v) is 7.01. The predicted octanol–water partition coefficient (Wildman–Crippen LogP) is 2.36. The number of thiazole rings is 1. The van der Waals surface area contributed by atoms with Gasteiger partial charge in [-0.25, -0.2) is 4.98 Å². The van der Waals surface area contributed by atoms with Crippen molar-refractivity contribution in [2.24, 2.45) is 0 Å². The maximum Gasteiger partial charge on any atom is 0.185 e. The number of ether oxygens (including phenoxy) is 1. The maximum atomic E-state index is 5.60. The van der Waals surface area contributed by atoms with E-state index in [0.29, 0.717) is 6.10 Å². The minimum Gasteiger partial charge on any atom is -0.374 e. The Morgan fingerprint density at radius 2 is 2.40 bits per heavy atom. The quantitative estimate of drug-likeness (QED) is 0.782. The van der Waals surface area contributed by atoms with Crippen LogP contribution < -0.4 is 4.90 Å². The number of anilines is 1. The second kappa shape index (κ2) is 4.80. The molecule has 0 saturated carbocycles. The molecule has 0 aromatic carbocycles. The van der Waals surface area contributed by atoms with E-state index < -0.39 is 0 Å². The van der Waals surface area contributed by atoms with E-state index in [4.69, 9.17) is 4.74 Å². The Bertz CT molecular complexity index is 323. The van der Waals surface area contributed by atoms with Gasteiger partial charge < -0.3 is 9.64 Å². The minimum absolute atomic E-state index is 0.295. The number of hydrogen-bond acceptors (Lipinski definition) is 4. The number of alkyl halides is 1. The first-order chi connectivity index (χ1) is 7.20. The molecule has 1 aliphatic heterocycles. The van der Waals surface area contributed by atoms with Crippen molar-refractivity contribution in [3.05, 3.63) is 10.6 Å². The first kappa shape index (κ1) is 11.4. The van der Waals surface area contributed by atoms with Gasteiger partial charge in [0.2, 0.25) is 0 Å². The Labute approximate surface area is 103 Å². The van der Waals surface area contributed by atoms with Crippen LogP contribution in [0.1, 0.15) is 10.6 Å². The molecule has 0 amide bonds. The Hall–Kier alpha value is -0.130. The topological polar surface area (TPSA) is 25.4 Å².